The fourth-order valence-electron chi connectivity index (χ4n) is 3.23. The van der Waals surface area contributed by atoms with Gasteiger partial charge in [-0.2, -0.15) is 0 Å². The Kier molecular flexibility index (Phi) is 4.71. The average Bonchev–Trinajstić information content (AvgIpc) is 2.70. The maximum absolute atomic E-state index is 12.8. The van der Waals surface area contributed by atoms with Crippen molar-refractivity contribution < 1.29 is 9.09 Å². The monoisotopic (exact) mass is 348 g/mol. The van der Waals surface area contributed by atoms with E-state index in [-0.39, 0.29) is 17.9 Å². The molecular formula is C21H19NO2P+. The van der Waals surface area contributed by atoms with Gasteiger partial charge < -0.3 is 0 Å². The van der Waals surface area contributed by atoms with E-state index in [4.69, 9.17) is 4.52 Å². The van der Waals surface area contributed by atoms with Crippen LogP contribution in [0.25, 0.3) is 0 Å². The van der Waals surface area contributed by atoms with E-state index in [1.807, 2.05) is 78.9 Å². The summed E-state index contributed by atoms with van der Waals surface area (Å²) in [6, 6.07) is 30.0. The Morgan fingerprint density at radius 3 is 1.72 bits per heavy atom. The lowest BCUT2D eigenvalue weighted by atomic mass is 9.95. The summed E-state index contributed by atoms with van der Waals surface area (Å²) >= 11 is 0. The molecule has 1 aliphatic heterocycles. The van der Waals surface area contributed by atoms with Crippen LogP contribution in [0.15, 0.2) is 91.0 Å². The van der Waals surface area contributed by atoms with E-state index < -0.39 is 8.03 Å². The molecule has 3 aromatic carbocycles. The number of hydrogen-bond donors (Lipinski definition) is 1. The highest BCUT2D eigenvalue weighted by molar-refractivity contribution is 7.39. The Labute approximate surface area is 148 Å². The molecule has 1 aliphatic rings. The van der Waals surface area contributed by atoms with Crippen LogP contribution in [0.4, 0.5) is 0 Å². The molecule has 4 rings (SSSR count). The predicted octanol–water partition coefficient (Wildman–Crippen LogP) is 5.53. The van der Waals surface area contributed by atoms with Gasteiger partial charge in [0.25, 0.3) is 5.78 Å². The summed E-state index contributed by atoms with van der Waals surface area (Å²) in [5, 5.41) is 3.58. The van der Waals surface area contributed by atoms with Crippen LogP contribution in [-0.2, 0) is 9.09 Å². The number of hydrogen-bond acceptors (Lipinski definition) is 3. The molecule has 1 unspecified atom stereocenters. The first-order chi connectivity index (χ1) is 12.3. The SMILES string of the molecule is O=[P+]1O[C@H](c2ccccc2)[C@H](c2ccccc2)N[C@H]1c1ccccc1. The lowest BCUT2D eigenvalue weighted by molar-refractivity contribution is 0.133. The van der Waals surface area contributed by atoms with Crippen LogP contribution in [0.3, 0.4) is 0 Å². The molecule has 0 bridgehead atoms. The van der Waals surface area contributed by atoms with E-state index in [2.05, 4.69) is 17.4 Å². The molecule has 0 radical (unpaired) electrons. The first-order valence-electron chi connectivity index (χ1n) is 8.37. The van der Waals surface area contributed by atoms with Crippen molar-refractivity contribution in [2.24, 2.45) is 0 Å². The summed E-state index contributed by atoms with van der Waals surface area (Å²) in [5.41, 5.74) is 3.13. The van der Waals surface area contributed by atoms with Crippen molar-refractivity contribution in [2.45, 2.75) is 17.9 Å². The minimum atomic E-state index is -1.87. The summed E-state index contributed by atoms with van der Waals surface area (Å²) in [7, 11) is -1.87. The normalized spacial score (nSPS) is 24.8. The molecular weight excluding hydrogens is 329 g/mol. The van der Waals surface area contributed by atoms with Crippen molar-refractivity contribution in [3.8, 4) is 0 Å². The highest BCUT2D eigenvalue weighted by atomic mass is 31.1. The average molecular weight is 348 g/mol. The first kappa shape index (κ1) is 16.2. The summed E-state index contributed by atoms with van der Waals surface area (Å²) in [4.78, 5) is 0. The van der Waals surface area contributed by atoms with Gasteiger partial charge in [-0.25, -0.2) is 0 Å². The predicted molar refractivity (Wildman–Crippen MR) is 99.4 cm³/mol. The maximum atomic E-state index is 12.8. The fourth-order valence-corrected chi connectivity index (χ4v) is 4.52. The van der Waals surface area contributed by atoms with Crippen LogP contribution in [0.5, 0.6) is 0 Å². The molecule has 1 saturated heterocycles. The summed E-state index contributed by atoms with van der Waals surface area (Å²) < 4.78 is 18.9. The number of benzene rings is 3. The zero-order chi connectivity index (χ0) is 17.1. The molecule has 25 heavy (non-hydrogen) atoms. The van der Waals surface area contributed by atoms with Crippen molar-refractivity contribution in [1.82, 2.24) is 5.32 Å². The van der Waals surface area contributed by atoms with Gasteiger partial charge in [0.1, 0.15) is 0 Å². The Bertz CT molecular complexity index is 840. The van der Waals surface area contributed by atoms with Crippen LogP contribution < -0.4 is 5.32 Å². The van der Waals surface area contributed by atoms with Crippen LogP contribution in [-0.4, -0.2) is 0 Å². The van der Waals surface area contributed by atoms with E-state index in [9.17, 15) is 4.57 Å². The zero-order valence-corrected chi connectivity index (χ0v) is 14.6. The Morgan fingerprint density at radius 1 is 0.680 bits per heavy atom. The lowest BCUT2D eigenvalue weighted by Crippen LogP contribution is -2.34. The second kappa shape index (κ2) is 7.28. The minimum Gasteiger partial charge on any atom is -0.257 e. The van der Waals surface area contributed by atoms with E-state index in [0.717, 1.165) is 16.7 Å². The largest absolute Gasteiger partial charge is 0.533 e. The van der Waals surface area contributed by atoms with Gasteiger partial charge in [-0.3, -0.25) is 5.32 Å². The van der Waals surface area contributed by atoms with Crippen LogP contribution in [0, 0.1) is 0 Å². The molecule has 3 nitrogen and oxygen atoms in total. The van der Waals surface area contributed by atoms with E-state index in [0.29, 0.717) is 0 Å². The summed E-state index contributed by atoms with van der Waals surface area (Å²) in [6.45, 7) is 0. The fraction of sp³-hybridized carbons (Fsp3) is 0.143. The molecule has 1 fully saturated rings. The zero-order valence-electron chi connectivity index (χ0n) is 13.7. The van der Waals surface area contributed by atoms with Crippen molar-refractivity contribution in [3.63, 3.8) is 0 Å². The van der Waals surface area contributed by atoms with Gasteiger partial charge in [0, 0.05) is 5.56 Å². The molecule has 0 amide bonds. The molecule has 1 N–H and O–H groups in total. The first-order valence-corrected chi connectivity index (χ1v) is 9.61. The van der Waals surface area contributed by atoms with Gasteiger partial charge in [-0.1, -0.05) is 91.0 Å². The molecule has 4 atom stereocenters. The van der Waals surface area contributed by atoms with Crippen LogP contribution in [0.1, 0.15) is 34.6 Å². The molecule has 0 spiro atoms. The highest BCUT2D eigenvalue weighted by Gasteiger charge is 2.48. The van der Waals surface area contributed by atoms with E-state index in [1.54, 1.807) is 0 Å². The third-order valence-electron chi connectivity index (χ3n) is 4.47. The molecule has 1 heterocycles. The van der Waals surface area contributed by atoms with Gasteiger partial charge >= 0.3 is 8.03 Å². The van der Waals surface area contributed by atoms with Gasteiger partial charge in [0.2, 0.25) is 0 Å². The van der Waals surface area contributed by atoms with Crippen molar-refractivity contribution in [1.29, 1.82) is 0 Å². The van der Waals surface area contributed by atoms with Gasteiger partial charge in [-0.15, -0.1) is 4.52 Å². The molecule has 124 valence electrons. The van der Waals surface area contributed by atoms with E-state index in [1.165, 1.54) is 0 Å². The van der Waals surface area contributed by atoms with Gasteiger partial charge in [0.15, 0.2) is 6.10 Å². The molecule has 4 heteroatoms. The third-order valence-corrected chi connectivity index (χ3v) is 5.77. The second-order valence-electron chi connectivity index (χ2n) is 6.09. The highest BCUT2D eigenvalue weighted by Crippen LogP contribution is 2.53. The lowest BCUT2D eigenvalue weighted by Gasteiger charge is -2.30. The Hall–Kier alpha value is -2.32. The number of nitrogens with one attached hydrogen (secondary N) is 1. The van der Waals surface area contributed by atoms with Crippen molar-refractivity contribution in [2.75, 3.05) is 0 Å². The molecule has 0 aromatic heterocycles. The van der Waals surface area contributed by atoms with Crippen molar-refractivity contribution >= 4 is 8.03 Å². The Morgan fingerprint density at radius 2 is 1.16 bits per heavy atom. The second-order valence-corrected chi connectivity index (χ2v) is 7.39. The molecule has 0 aliphatic carbocycles. The third kappa shape index (κ3) is 3.40. The van der Waals surface area contributed by atoms with E-state index >= 15 is 0 Å². The standard InChI is InChI=1S/C21H19NO2P/c23-25-21(18-14-8-3-9-15-18)22-19(16-10-4-1-5-11-16)20(24-25)17-12-6-2-7-13-17/h1-15,19-22H/q+1/t19-,20+,21+/m0/s1. The summed E-state index contributed by atoms with van der Waals surface area (Å²) in [6.07, 6.45) is -0.285. The molecule has 0 saturated carbocycles. The van der Waals surface area contributed by atoms with Gasteiger partial charge in [0.05, 0.1) is 6.04 Å². The smallest absolute Gasteiger partial charge is 0.257 e. The topological polar surface area (TPSA) is 38.3 Å². The van der Waals surface area contributed by atoms with Crippen molar-refractivity contribution in [3.05, 3.63) is 108 Å². The quantitative estimate of drug-likeness (QED) is 0.633. The number of rotatable bonds is 3. The summed E-state index contributed by atoms with van der Waals surface area (Å²) in [5.74, 6) is -0.318. The van der Waals surface area contributed by atoms with Gasteiger partial charge in [-0.05, 0) is 15.7 Å². The maximum Gasteiger partial charge on any atom is 0.533 e. The van der Waals surface area contributed by atoms with Crippen LogP contribution >= 0.6 is 8.03 Å². The Balaban J connectivity index is 1.72. The minimum absolute atomic E-state index is 0.0680. The molecule has 3 aromatic rings. The van der Waals surface area contributed by atoms with Crippen LogP contribution in [0.2, 0.25) is 0 Å².